The molecule has 0 saturated carbocycles. The first-order valence-corrected chi connectivity index (χ1v) is 7.14. The zero-order chi connectivity index (χ0) is 14.7. The summed E-state index contributed by atoms with van der Waals surface area (Å²) in [6, 6.07) is 3.60. The van der Waals surface area contributed by atoms with Crippen LogP contribution < -0.4 is 20.7 Å². The van der Waals surface area contributed by atoms with Gasteiger partial charge in [-0.25, -0.2) is 15.8 Å². The Labute approximate surface area is 132 Å². The zero-order valence-electron chi connectivity index (χ0n) is 10.8. The monoisotopic (exact) mass is 402 g/mol. The molecule has 20 heavy (non-hydrogen) atoms. The largest absolute Gasteiger partial charge is 0.496 e. The summed E-state index contributed by atoms with van der Waals surface area (Å²) in [5.74, 6) is 7.61. The molecule has 1 aromatic heterocycles. The molecular weight excluding hydrogens is 392 g/mol. The SMILES string of the molecule is COc1cc(Br)c(Oc2ncnc(NN)c2C)cc1Br. The minimum absolute atomic E-state index is 0.422. The smallest absolute Gasteiger partial charge is 0.227 e. The Hall–Kier alpha value is -1.38. The highest BCUT2D eigenvalue weighted by atomic mass is 79.9. The summed E-state index contributed by atoms with van der Waals surface area (Å²) in [5, 5.41) is 0. The van der Waals surface area contributed by atoms with Gasteiger partial charge >= 0.3 is 0 Å². The molecule has 2 aromatic rings. The van der Waals surface area contributed by atoms with Crippen molar-refractivity contribution in [2.24, 2.45) is 5.84 Å². The number of methoxy groups -OCH3 is 1. The van der Waals surface area contributed by atoms with Crippen LogP contribution in [-0.2, 0) is 0 Å². The summed E-state index contributed by atoms with van der Waals surface area (Å²) in [4.78, 5) is 8.10. The fourth-order valence-electron chi connectivity index (χ4n) is 1.53. The van der Waals surface area contributed by atoms with Crippen molar-refractivity contribution in [3.63, 3.8) is 0 Å². The van der Waals surface area contributed by atoms with Gasteiger partial charge in [0, 0.05) is 0 Å². The topological polar surface area (TPSA) is 82.3 Å². The van der Waals surface area contributed by atoms with Gasteiger partial charge in [-0.05, 0) is 50.9 Å². The molecule has 0 radical (unpaired) electrons. The van der Waals surface area contributed by atoms with E-state index in [2.05, 4.69) is 47.3 Å². The van der Waals surface area contributed by atoms with Crippen molar-refractivity contribution in [1.29, 1.82) is 0 Å². The third kappa shape index (κ3) is 3.02. The number of ether oxygens (including phenoxy) is 2. The molecule has 3 N–H and O–H groups in total. The molecule has 8 heteroatoms. The number of nitrogens with zero attached hydrogens (tertiary/aromatic N) is 2. The highest BCUT2D eigenvalue weighted by Gasteiger charge is 2.13. The number of hydrogen-bond acceptors (Lipinski definition) is 6. The van der Waals surface area contributed by atoms with Crippen LogP contribution in [0.15, 0.2) is 27.4 Å². The van der Waals surface area contributed by atoms with E-state index >= 15 is 0 Å². The van der Waals surface area contributed by atoms with Crippen LogP contribution in [0.4, 0.5) is 5.82 Å². The first-order valence-electron chi connectivity index (χ1n) is 5.56. The second-order valence-electron chi connectivity index (χ2n) is 3.82. The van der Waals surface area contributed by atoms with Crippen molar-refractivity contribution in [2.45, 2.75) is 6.92 Å². The number of hydrazine groups is 1. The summed E-state index contributed by atoms with van der Waals surface area (Å²) >= 11 is 6.84. The van der Waals surface area contributed by atoms with E-state index in [1.165, 1.54) is 6.33 Å². The molecule has 6 nitrogen and oxygen atoms in total. The van der Waals surface area contributed by atoms with Gasteiger partial charge in [-0.3, -0.25) is 0 Å². The first-order chi connectivity index (χ1) is 9.56. The third-order valence-corrected chi connectivity index (χ3v) is 3.83. The lowest BCUT2D eigenvalue weighted by Crippen LogP contribution is -2.11. The van der Waals surface area contributed by atoms with Crippen LogP contribution in [0.1, 0.15) is 5.56 Å². The molecule has 2 rings (SSSR count). The molecule has 0 spiro atoms. The van der Waals surface area contributed by atoms with E-state index in [1.807, 2.05) is 6.92 Å². The molecule has 106 valence electrons. The van der Waals surface area contributed by atoms with E-state index in [0.29, 0.717) is 28.8 Å². The lowest BCUT2D eigenvalue weighted by atomic mass is 10.3. The maximum absolute atomic E-state index is 5.78. The normalized spacial score (nSPS) is 10.2. The van der Waals surface area contributed by atoms with E-state index in [0.717, 1.165) is 8.95 Å². The number of benzene rings is 1. The summed E-state index contributed by atoms with van der Waals surface area (Å²) in [6.45, 7) is 1.82. The molecule has 0 aliphatic heterocycles. The molecule has 0 saturated heterocycles. The minimum Gasteiger partial charge on any atom is -0.496 e. The summed E-state index contributed by atoms with van der Waals surface area (Å²) in [7, 11) is 1.60. The van der Waals surface area contributed by atoms with Crippen molar-refractivity contribution in [2.75, 3.05) is 12.5 Å². The highest BCUT2D eigenvalue weighted by Crippen LogP contribution is 2.38. The predicted molar refractivity (Wildman–Crippen MR) is 83.0 cm³/mol. The minimum atomic E-state index is 0.422. The molecular formula is C12H12Br2N4O2. The van der Waals surface area contributed by atoms with Crippen LogP contribution in [-0.4, -0.2) is 17.1 Å². The second-order valence-corrected chi connectivity index (χ2v) is 5.52. The standard InChI is InChI=1S/C12H12Br2N4O2/c1-6-11(18-15)16-5-17-12(6)20-10-4-7(13)9(19-2)3-8(10)14/h3-5H,15H2,1-2H3,(H,16,17,18). The van der Waals surface area contributed by atoms with E-state index in [9.17, 15) is 0 Å². The first kappa shape index (κ1) is 15.0. The fourth-order valence-corrected chi connectivity index (χ4v) is 2.42. The van der Waals surface area contributed by atoms with E-state index in [4.69, 9.17) is 15.3 Å². The second kappa shape index (κ2) is 6.38. The van der Waals surface area contributed by atoms with Crippen LogP contribution in [0.3, 0.4) is 0 Å². The molecule has 1 heterocycles. The van der Waals surface area contributed by atoms with Crippen molar-refractivity contribution < 1.29 is 9.47 Å². The number of nitrogens with one attached hydrogen (secondary N) is 1. The van der Waals surface area contributed by atoms with Crippen molar-refractivity contribution in [3.8, 4) is 17.4 Å². The van der Waals surface area contributed by atoms with Crippen LogP contribution in [0.25, 0.3) is 0 Å². The molecule has 0 bridgehead atoms. The molecule has 1 aromatic carbocycles. The Morgan fingerprint density at radius 2 is 1.80 bits per heavy atom. The summed E-state index contributed by atoms with van der Waals surface area (Å²) in [5.41, 5.74) is 3.21. The average molecular weight is 404 g/mol. The number of nitrogen functional groups attached to an aromatic ring is 1. The van der Waals surface area contributed by atoms with Gasteiger partial charge in [-0.15, -0.1) is 0 Å². The third-order valence-electron chi connectivity index (χ3n) is 2.59. The van der Waals surface area contributed by atoms with Crippen LogP contribution in [0, 0.1) is 6.92 Å². The van der Waals surface area contributed by atoms with Gasteiger partial charge in [0.25, 0.3) is 0 Å². The number of aromatic nitrogens is 2. The number of halogens is 2. The van der Waals surface area contributed by atoms with Crippen LogP contribution in [0.5, 0.6) is 17.4 Å². The van der Waals surface area contributed by atoms with Gasteiger partial charge in [-0.1, -0.05) is 0 Å². The number of hydrogen-bond donors (Lipinski definition) is 2. The van der Waals surface area contributed by atoms with Crippen molar-refractivity contribution in [3.05, 3.63) is 33.0 Å². The Balaban J connectivity index is 2.38. The summed E-state index contributed by atoms with van der Waals surface area (Å²) in [6.07, 6.45) is 1.38. The maximum Gasteiger partial charge on any atom is 0.227 e. The van der Waals surface area contributed by atoms with E-state index in [-0.39, 0.29) is 0 Å². The lowest BCUT2D eigenvalue weighted by molar-refractivity contribution is 0.408. The molecule has 0 unspecified atom stereocenters. The van der Waals surface area contributed by atoms with Crippen molar-refractivity contribution >= 4 is 37.7 Å². The molecule has 0 atom stereocenters. The molecule has 0 amide bonds. The Bertz CT molecular complexity index is 637. The van der Waals surface area contributed by atoms with Gasteiger partial charge in [0.1, 0.15) is 23.6 Å². The van der Waals surface area contributed by atoms with Gasteiger partial charge in [0.05, 0.1) is 21.6 Å². The summed E-state index contributed by atoms with van der Waals surface area (Å²) < 4.78 is 12.5. The Kier molecular flexibility index (Phi) is 4.79. The van der Waals surface area contributed by atoms with Crippen molar-refractivity contribution in [1.82, 2.24) is 9.97 Å². The molecule has 0 aliphatic rings. The van der Waals surface area contributed by atoms with Gasteiger partial charge in [0.2, 0.25) is 5.88 Å². The number of nitrogens with two attached hydrogens (primary N) is 1. The molecule has 0 aliphatic carbocycles. The average Bonchev–Trinajstić information content (AvgIpc) is 2.44. The van der Waals surface area contributed by atoms with E-state index in [1.54, 1.807) is 19.2 Å². The quantitative estimate of drug-likeness (QED) is 0.601. The predicted octanol–water partition coefficient (Wildman–Crippen LogP) is 3.40. The van der Waals surface area contributed by atoms with Crippen LogP contribution >= 0.6 is 31.9 Å². The maximum atomic E-state index is 5.78. The van der Waals surface area contributed by atoms with E-state index < -0.39 is 0 Å². The van der Waals surface area contributed by atoms with Crippen LogP contribution in [0.2, 0.25) is 0 Å². The molecule has 0 fully saturated rings. The fraction of sp³-hybridized carbons (Fsp3) is 0.167. The Morgan fingerprint density at radius 1 is 1.15 bits per heavy atom. The van der Waals surface area contributed by atoms with Gasteiger partial charge in [0.15, 0.2) is 0 Å². The lowest BCUT2D eigenvalue weighted by Gasteiger charge is -2.12. The number of rotatable bonds is 4. The zero-order valence-corrected chi connectivity index (χ0v) is 13.9. The highest BCUT2D eigenvalue weighted by molar-refractivity contribution is 9.11. The van der Waals surface area contributed by atoms with Gasteiger partial charge < -0.3 is 14.9 Å². The Morgan fingerprint density at radius 3 is 2.45 bits per heavy atom. The van der Waals surface area contributed by atoms with Gasteiger partial charge in [-0.2, -0.15) is 0 Å². The number of anilines is 1.